The van der Waals surface area contributed by atoms with Gasteiger partial charge in [0.2, 0.25) is 0 Å². The van der Waals surface area contributed by atoms with E-state index in [2.05, 4.69) is 65.6 Å². The van der Waals surface area contributed by atoms with Crippen molar-refractivity contribution in [1.82, 2.24) is 4.98 Å². The van der Waals surface area contributed by atoms with Crippen molar-refractivity contribution in [3.05, 3.63) is 101 Å². The largest absolute Gasteiger partial charge is 0.465 e. The molecule has 1 heterocycles. The van der Waals surface area contributed by atoms with Gasteiger partial charge in [0, 0.05) is 12.6 Å². The Hall–Kier alpha value is -3.46. The van der Waals surface area contributed by atoms with Gasteiger partial charge in [-0.1, -0.05) is 60.7 Å². The lowest BCUT2D eigenvalue weighted by Gasteiger charge is -2.12. The number of esters is 1. The molecule has 0 bridgehead atoms. The highest BCUT2D eigenvalue weighted by molar-refractivity contribution is 5.92. The molecule has 148 valence electrons. The van der Waals surface area contributed by atoms with Crippen molar-refractivity contribution in [2.75, 3.05) is 7.11 Å². The minimum Gasteiger partial charge on any atom is -0.465 e. The van der Waals surface area contributed by atoms with E-state index in [9.17, 15) is 4.79 Å². The van der Waals surface area contributed by atoms with Crippen molar-refractivity contribution in [2.24, 2.45) is 0 Å². The highest BCUT2D eigenvalue weighted by Crippen LogP contribution is 2.40. The van der Waals surface area contributed by atoms with E-state index in [-0.39, 0.29) is 5.97 Å². The number of hydrogen-bond donors (Lipinski definition) is 0. The molecule has 4 aromatic rings. The number of aromatic nitrogens is 1. The van der Waals surface area contributed by atoms with Crippen molar-refractivity contribution >= 4 is 16.7 Å². The fourth-order valence-electron chi connectivity index (χ4n) is 4.07. The highest BCUT2D eigenvalue weighted by atomic mass is 16.5. The van der Waals surface area contributed by atoms with Crippen molar-refractivity contribution < 1.29 is 9.53 Å². The molecule has 1 aliphatic rings. The van der Waals surface area contributed by atoms with Gasteiger partial charge in [0.25, 0.3) is 0 Å². The lowest BCUT2D eigenvalue weighted by Crippen LogP contribution is -2.09. The van der Waals surface area contributed by atoms with Crippen LogP contribution in [0.25, 0.3) is 21.9 Å². The molecule has 1 aromatic heterocycles. The molecule has 1 fully saturated rings. The summed E-state index contributed by atoms with van der Waals surface area (Å²) in [5, 5.41) is 2.36. The number of hydrogen-bond acceptors (Lipinski definition) is 3. The number of methoxy groups -OCH3 is 1. The molecule has 0 aliphatic heterocycles. The summed E-state index contributed by atoms with van der Waals surface area (Å²) in [6.07, 6.45) is 4.87. The topological polar surface area (TPSA) is 39.2 Å². The molecule has 3 aromatic carbocycles. The lowest BCUT2D eigenvalue weighted by atomic mass is 9.95. The van der Waals surface area contributed by atoms with Crippen LogP contribution in [0.15, 0.2) is 79.0 Å². The Bertz CT molecular complexity index is 1230. The molecule has 0 amide bonds. The van der Waals surface area contributed by atoms with Crippen molar-refractivity contribution in [3.63, 3.8) is 0 Å². The van der Waals surface area contributed by atoms with Crippen LogP contribution in [-0.2, 0) is 11.2 Å². The van der Waals surface area contributed by atoms with Gasteiger partial charge in [-0.05, 0) is 63.9 Å². The molecule has 3 heteroatoms. The van der Waals surface area contributed by atoms with Crippen LogP contribution in [0.4, 0.5) is 0 Å². The molecule has 0 spiro atoms. The van der Waals surface area contributed by atoms with E-state index >= 15 is 0 Å². The van der Waals surface area contributed by atoms with Crippen LogP contribution in [-0.4, -0.2) is 18.1 Å². The maximum atomic E-state index is 12.4. The molecule has 0 atom stereocenters. The van der Waals surface area contributed by atoms with Crippen LogP contribution >= 0.6 is 0 Å². The summed E-state index contributed by atoms with van der Waals surface area (Å²) >= 11 is 0. The predicted molar refractivity (Wildman–Crippen MR) is 120 cm³/mol. The molecule has 1 saturated carbocycles. The van der Waals surface area contributed by atoms with Gasteiger partial charge in [-0.25, -0.2) is 4.79 Å². The van der Waals surface area contributed by atoms with Crippen LogP contribution in [0.3, 0.4) is 0 Å². The summed E-state index contributed by atoms with van der Waals surface area (Å²) in [5.74, 6) is 0.232. The Morgan fingerprint density at radius 2 is 1.80 bits per heavy atom. The SMILES string of the molecule is COC(=O)c1cc(C2CC2)cnc1Cc1cccc2cc(-c3ccccc3)ccc12. The Kier molecular flexibility index (Phi) is 4.80. The molecule has 0 saturated heterocycles. The number of nitrogens with zero attached hydrogens (tertiary/aromatic N) is 1. The maximum Gasteiger partial charge on any atom is 0.339 e. The van der Waals surface area contributed by atoms with E-state index in [1.807, 2.05) is 18.3 Å². The maximum absolute atomic E-state index is 12.4. The second-order valence-corrected chi connectivity index (χ2v) is 7.92. The monoisotopic (exact) mass is 393 g/mol. The molecular weight excluding hydrogens is 370 g/mol. The average molecular weight is 393 g/mol. The van der Waals surface area contributed by atoms with Crippen molar-refractivity contribution in [3.8, 4) is 11.1 Å². The van der Waals surface area contributed by atoms with Gasteiger partial charge in [-0.15, -0.1) is 0 Å². The Morgan fingerprint density at radius 3 is 2.57 bits per heavy atom. The summed E-state index contributed by atoms with van der Waals surface area (Å²) in [5.41, 5.74) is 6.05. The average Bonchev–Trinajstić information content (AvgIpc) is 3.65. The van der Waals surface area contributed by atoms with Gasteiger partial charge >= 0.3 is 5.97 Å². The first-order valence-corrected chi connectivity index (χ1v) is 10.4. The summed E-state index contributed by atoms with van der Waals surface area (Å²) in [7, 11) is 1.43. The van der Waals surface area contributed by atoms with Gasteiger partial charge in [0.15, 0.2) is 0 Å². The Morgan fingerprint density at radius 1 is 0.967 bits per heavy atom. The van der Waals surface area contributed by atoms with Gasteiger partial charge in [0.1, 0.15) is 0 Å². The van der Waals surface area contributed by atoms with Crippen LogP contribution in [0.5, 0.6) is 0 Å². The standard InChI is InChI=1S/C27H23NO2/c1-30-27(29)25-15-23(19-10-11-19)17-28-26(25)16-22-9-5-8-21-14-20(12-13-24(21)22)18-6-3-2-4-7-18/h2-9,12-15,17,19H,10-11,16H2,1H3. The number of ether oxygens (including phenoxy) is 1. The molecular formula is C27H23NO2. The molecule has 0 N–H and O–H groups in total. The molecule has 3 nitrogen and oxygen atoms in total. The molecule has 0 radical (unpaired) electrons. The van der Waals surface area contributed by atoms with Gasteiger partial charge < -0.3 is 4.74 Å². The fraction of sp³-hybridized carbons (Fsp3) is 0.185. The molecule has 5 rings (SSSR count). The highest BCUT2D eigenvalue weighted by Gasteiger charge is 2.26. The third-order valence-electron chi connectivity index (χ3n) is 5.88. The first-order valence-electron chi connectivity index (χ1n) is 10.4. The number of benzene rings is 3. The second kappa shape index (κ2) is 7.75. The quantitative estimate of drug-likeness (QED) is 0.381. The van der Waals surface area contributed by atoms with Crippen LogP contribution in [0.2, 0.25) is 0 Å². The number of carbonyl (C=O) groups excluding carboxylic acids is 1. The van der Waals surface area contributed by atoms with E-state index in [0.717, 1.165) is 16.8 Å². The summed E-state index contributed by atoms with van der Waals surface area (Å²) in [4.78, 5) is 17.1. The Labute approximate surface area is 176 Å². The van der Waals surface area contributed by atoms with Crippen LogP contribution < -0.4 is 0 Å². The normalized spacial score (nSPS) is 13.4. The van der Waals surface area contributed by atoms with Crippen molar-refractivity contribution in [1.29, 1.82) is 0 Å². The zero-order valence-corrected chi connectivity index (χ0v) is 17.0. The second-order valence-electron chi connectivity index (χ2n) is 7.92. The van der Waals surface area contributed by atoms with Crippen LogP contribution in [0.1, 0.15) is 45.9 Å². The fourth-order valence-corrected chi connectivity index (χ4v) is 4.07. The van der Waals surface area contributed by atoms with E-state index < -0.39 is 0 Å². The smallest absolute Gasteiger partial charge is 0.339 e. The number of fused-ring (bicyclic) bond motifs is 1. The zero-order valence-electron chi connectivity index (χ0n) is 17.0. The van der Waals surface area contributed by atoms with E-state index in [1.165, 1.54) is 41.9 Å². The van der Waals surface area contributed by atoms with Gasteiger partial charge in [-0.2, -0.15) is 0 Å². The number of carbonyl (C=O) groups is 1. The molecule has 0 unspecified atom stereocenters. The van der Waals surface area contributed by atoms with Gasteiger partial charge in [0.05, 0.1) is 18.4 Å². The lowest BCUT2D eigenvalue weighted by molar-refractivity contribution is 0.0599. The first kappa shape index (κ1) is 18.6. The van der Waals surface area contributed by atoms with Crippen LogP contribution in [0, 0.1) is 0 Å². The summed E-state index contributed by atoms with van der Waals surface area (Å²) in [6, 6.07) is 25.2. The first-order chi connectivity index (χ1) is 14.7. The van der Waals surface area contributed by atoms with Crippen molar-refractivity contribution in [2.45, 2.75) is 25.2 Å². The number of rotatable bonds is 5. The predicted octanol–water partition coefficient (Wildman–Crippen LogP) is 6.16. The van der Waals surface area contributed by atoms with E-state index in [0.29, 0.717) is 17.9 Å². The third-order valence-corrected chi connectivity index (χ3v) is 5.88. The minimum absolute atomic E-state index is 0.313. The molecule has 1 aliphatic carbocycles. The molecule has 30 heavy (non-hydrogen) atoms. The minimum atomic E-state index is -0.313. The summed E-state index contributed by atoms with van der Waals surface area (Å²) in [6.45, 7) is 0. The third kappa shape index (κ3) is 3.59. The van der Waals surface area contributed by atoms with E-state index in [1.54, 1.807) is 0 Å². The Balaban J connectivity index is 1.53. The van der Waals surface area contributed by atoms with Gasteiger partial charge in [-0.3, -0.25) is 4.98 Å². The number of pyridine rings is 1. The summed E-state index contributed by atoms with van der Waals surface area (Å²) < 4.78 is 5.04. The zero-order chi connectivity index (χ0) is 20.5. The van der Waals surface area contributed by atoms with E-state index in [4.69, 9.17) is 4.74 Å².